The van der Waals surface area contributed by atoms with E-state index in [2.05, 4.69) is 13.0 Å². The predicted molar refractivity (Wildman–Crippen MR) is 51.2 cm³/mol. The monoisotopic (exact) mass is 182 g/mol. The molecule has 1 N–H and O–H groups in total. The number of aliphatic hydroxyl groups is 1. The van der Waals surface area contributed by atoms with E-state index in [1.165, 1.54) is 12.8 Å². The normalized spacial score (nSPS) is 34.8. The molecule has 1 fully saturated rings. The van der Waals surface area contributed by atoms with Crippen LogP contribution < -0.4 is 0 Å². The zero-order valence-electron chi connectivity index (χ0n) is 8.20. The summed E-state index contributed by atoms with van der Waals surface area (Å²) in [5, 5.41) is 9.92. The average molecular weight is 182 g/mol. The third-order valence-electron chi connectivity index (χ3n) is 3.16. The Balaban J connectivity index is 1.89. The van der Waals surface area contributed by atoms with Crippen LogP contribution in [-0.2, 0) is 4.74 Å². The highest BCUT2D eigenvalue weighted by Crippen LogP contribution is 2.45. The van der Waals surface area contributed by atoms with Crippen molar-refractivity contribution < 1.29 is 9.84 Å². The molecular weight excluding hydrogens is 164 g/mol. The lowest BCUT2D eigenvalue weighted by molar-refractivity contribution is 0.0757. The minimum Gasteiger partial charge on any atom is -0.495 e. The highest BCUT2D eigenvalue weighted by atomic mass is 16.5. The van der Waals surface area contributed by atoms with Crippen LogP contribution in [0.25, 0.3) is 0 Å². The summed E-state index contributed by atoms with van der Waals surface area (Å²) in [5.74, 6) is 2.06. The zero-order chi connectivity index (χ0) is 9.26. The molecule has 2 heteroatoms. The number of hydrogen-bond acceptors (Lipinski definition) is 2. The molecule has 2 aliphatic rings. The quantitative estimate of drug-likeness (QED) is 0.724. The lowest BCUT2D eigenvalue weighted by atomic mass is 10.1. The van der Waals surface area contributed by atoms with E-state index in [1.54, 1.807) is 0 Å². The highest BCUT2D eigenvalue weighted by Gasteiger charge is 2.43. The number of aliphatic hydroxyl groups excluding tert-OH is 1. The van der Waals surface area contributed by atoms with Gasteiger partial charge in [-0.05, 0) is 37.2 Å². The molecule has 1 aliphatic heterocycles. The van der Waals surface area contributed by atoms with Gasteiger partial charge in [-0.25, -0.2) is 0 Å². The third-order valence-corrected chi connectivity index (χ3v) is 3.16. The van der Waals surface area contributed by atoms with Crippen LogP contribution in [0.4, 0.5) is 0 Å². The van der Waals surface area contributed by atoms with Gasteiger partial charge in [-0.1, -0.05) is 13.3 Å². The maximum absolute atomic E-state index is 9.92. The summed E-state index contributed by atoms with van der Waals surface area (Å²) in [6, 6.07) is 0. The molecule has 1 aliphatic carbocycles. The lowest BCUT2D eigenvalue weighted by Gasteiger charge is -2.19. The summed E-state index contributed by atoms with van der Waals surface area (Å²) in [5.41, 5.74) is 0. The van der Waals surface area contributed by atoms with E-state index in [4.69, 9.17) is 4.74 Å². The standard InChI is InChI=1S/C11H18O2/c1-2-8-7-9(8)11(12)10-5-3-4-6-13-10/h5,8-9,11-12H,2-4,6-7H2,1H3/t8-,9-,11?/m1/s1. The van der Waals surface area contributed by atoms with Crippen molar-refractivity contribution in [3.05, 3.63) is 11.8 Å². The van der Waals surface area contributed by atoms with Crippen LogP contribution >= 0.6 is 0 Å². The Labute approximate surface area is 79.6 Å². The molecule has 0 spiro atoms. The first-order valence-electron chi connectivity index (χ1n) is 5.34. The molecule has 0 aromatic heterocycles. The Hall–Kier alpha value is -0.500. The van der Waals surface area contributed by atoms with Crippen LogP contribution in [0.5, 0.6) is 0 Å². The Bertz CT molecular complexity index is 210. The number of rotatable bonds is 3. The van der Waals surface area contributed by atoms with E-state index < -0.39 is 0 Å². The molecule has 0 saturated heterocycles. The molecule has 2 rings (SSSR count). The molecule has 0 bridgehead atoms. The summed E-state index contributed by atoms with van der Waals surface area (Å²) < 4.78 is 5.44. The van der Waals surface area contributed by atoms with Crippen LogP contribution in [0.1, 0.15) is 32.6 Å². The second-order valence-electron chi connectivity index (χ2n) is 4.11. The van der Waals surface area contributed by atoms with Crippen molar-refractivity contribution in [2.75, 3.05) is 6.61 Å². The molecule has 13 heavy (non-hydrogen) atoms. The van der Waals surface area contributed by atoms with Crippen molar-refractivity contribution >= 4 is 0 Å². The van der Waals surface area contributed by atoms with Gasteiger partial charge in [0.15, 0.2) is 0 Å². The van der Waals surface area contributed by atoms with E-state index in [9.17, 15) is 5.11 Å². The number of ether oxygens (including phenoxy) is 1. The largest absolute Gasteiger partial charge is 0.495 e. The molecule has 1 heterocycles. The number of allylic oxidation sites excluding steroid dienone is 1. The summed E-state index contributed by atoms with van der Waals surface area (Å²) in [6.45, 7) is 2.97. The first-order valence-corrected chi connectivity index (χ1v) is 5.34. The van der Waals surface area contributed by atoms with Gasteiger partial charge in [0.2, 0.25) is 0 Å². The van der Waals surface area contributed by atoms with E-state index in [-0.39, 0.29) is 6.10 Å². The average Bonchev–Trinajstić information content (AvgIpc) is 2.97. The van der Waals surface area contributed by atoms with E-state index in [0.29, 0.717) is 5.92 Å². The van der Waals surface area contributed by atoms with Gasteiger partial charge in [-0.2, -0.15) is 0 Å². The molecule has 0 amide bonds. The molecule has 0 aromatic rings. The minimum absolute atomic E-state index is 0.315. The smallest absolute Gasteiger partial charge is 0.121 e. The van der Waals surface area contributed by atoms with Crippen LogP contribution in [0.2, 0.25) is 0 Å². The third kappa shape index (κ3) is 1.88. The van der Waals surface area contributed by atoms with E-state index in [1.807, 2.05) is 0 Å². The van der Waals surface area contributed by atoms with E-state index in [0.717, 1.165) is 31.1 Å². The molecule has 0 aromatic carbocycles. The van der Waals surface area contributed by atoms with Crippen molar-refractivity contribution in [3.63, 3.8) is 0 Å². The number of hydrogen-bond donors (Lipinski definition) is 1. The van der Waals surface area contributed by atoms with Gasteiger partial charge in [0.1, 0.15) is 11.9 Å². The van der Waals surface area contributed by atoms with Crippen molar-refractivity contribution in [2.24, 2.45) is 11.8 Å². The molecule has 0 radical (unpaired) electrons. The minimum atomic E-state index is -0.315. The molecule has 3 atom stereocenters. The Kier molecular flexibility index (Phi) is 2.58. The van der Waals surface area contributed by atoms with Gasteiger partial charge in [-0.15, -0.1) is 0 Å². The van der Waals surface area contributed by atoms with Gasteiger partial charge in [-0.3, -0.25) is 0 Å². The topological polar surface area (TPSA) is 29.5 Å². The van der Waals surface area contributed by atoms with Crippen molar-refractivity contribution in [1.82, 2.24) is 0 Å². The van der Waals surface area contributed by atoms with Crippen LogP contribution in [0, 0.1) is 11.8 Å². The second kappa shape index (κ2) is 3.70. The van der Waals surface area contributed by atoms with Crippen LogP contribution in [0.15, 0.2) is 11.8 Å². The molecular formula is C11H18O2. The maximum Gasteiger partial charge on any atom is 0.121 e. The molecule has 1 saturated carbocycles. The van der Waals surface area contributed by atoms with Gasteiger partial charge >= 0.3 is 0 Å². The first kappa shape index (κ1) is 9.07. The van der Waals surface area contributed by atoms with E-state index >= 15 is 0 Å². The second-order valence-corrected chi connectivity index (χ2v) is 4.11. The molecule has 1 unspecified atom stereocenters. The van der Waals surface area contributed by atoms with Crippen molar-refractivity contribution in [3.8, 4) is 0 Å². The molecule has 2 nitrogen and oxygen atoms in total. The summed E-state index contributed by atoms with van der Waals surface area (Å²) in [6.07, 6.45) is 6.27. The van der Waals surface area contributed by atoms with Crippen LogP contribution in [0.3, 0.4) is 0 Å². The fourth-order valence-corrected chi connectivity index (χ4v) is 2.12. The SMILES string of the molecule is CC[C@@H]1C[C@H]1C(O)C1=CCCCO1. The van der Waals surface area contributed by atoms with Crippen molar-refractivity contribution in [1.29, 1.82) is 0 Å². The fourth-order valence-electron chi connectivity index (χ4n) is 2.12. The highest BCUT2D eigenvalue weighted by molar-refractivity contribution is 5.09. The summed E-state index contributed by atoms with van der Waals surface area (Å²) >= 11 is 0. The maximum atomic E-state index is 9.92. The Morgan fingerprint density at radius 2 is 2.54 bits per heavy atom. The summed E-state index contributed by atoms with van der Waals surface area (Å²) in [7, 11) is 0. The van der Waals surface area contributed by atoms with Gasteiger partial charge in [0, 0.05) is 0 Å². The van der Waals surface area contributed by atoms with Gasteiger partial charge in [0.25, 0.3) is 0 Å². The first-order chi connectivity index (χ1) is 6.33. The summed E-state index contributed by atoms with van der Waals surface area (Å²) in [4.78, 5) is 0. The Morgan fingerprint density at radius 3 is 3.08 bits per heavy atom. The fraction of sp³-hybridized carbons (Fsp3) is 0.818. The van der Waals surface area contributed by atoms with Crippen LogP contribution in [-0.4, -0.2) is 17.8 Å². The van der Waals surface area contributed by atoms with Gasteiger partial charge in [0.05, 0.1) is 6.61 Å². The van der Waals surface area contributed by atoms with Crippen molar-refractivity contribution in [2.45, 2.75) is 38.7 Å². The predicted octanol–water partition coefficient (Wildman–Crippen LogP) is 2.09. The van der Waals surface area contributed by atoms with Gasteiger partial charge < -0.3 is 9.84 Å². The molecule has 74 valence electrons. The zero-order valence-corrected chi connectivity index (χ0v) is 8.20. The Morgan fingerprint density at radius 1 is 1.69 bits per heavy atom. The lowest BCUT2D eigenvalue weighted by Crippen LogP contribution is -2.19.